The number of amides is 2. The zero-order chi connectivity index (χ0) is 17.5. The summed E-state index contributed by atoms with van der Waals surface area (Å²) in [6.45, 7) is 4.76. The predicted molar refractivity (Wildman–Crippen MR) is 95.5 cm³/mol. The second kappa shape index (κ2) is 8.29. The maximum absolute atomic E-state index is 12.1. The van der Waals surface area contributed by atoms with Gasteiger partial charge in [-0.1, -0.05) is 50.2 Å². The van der Waals surface area contributed by atoms with Crippen LogP contribution in [0.5, 0.6) is 0 Å². The van der Waals surface area contributed by atoms with E-state index in [0.717, 1.165) is 17.5 Å². The Morgan fingerprint density at radius 3 is 2.29 bits per heavy atom. The Bertz CT molecular complexity index is 706. The Hall–Kier alpha value is -2.62. The highest BCUT2D eigenvalue weighted by Gasteiger charge is 2.06. The van der Waals surface area contributed by atoms with Crippen LogP contribution in [-0.2, 0) is 24.2 Å². The first kappa shape index (κ1) is 17.7. The molecule has 0 bridgehead atoms. The van der Waals surface area contributed by atoms with Crippen LogP contribution in [0.15, 0.2) is 48.5 Å². The molecule has 0 atom stereocenters. The van der Waals surface area contributed by atoms with Gasteiger partial charge in [0.25, 0.3) is 0 Å². The molecule has 0 fully saturated rings. The van der Waals surface area contributed by atoms with Crippen LogP contribution in [0, 0.1) is 5.92 Å². The summed E-state index contributed by atoms with van der Waals surface area (Å²) in [6, 6.07) is 15.1. The molecule has 24 heavy (non-hydrogen) atoms. The monoisotopic (exact) mass is 324 g/mol. The fourth-order valence-electron chi connectivity index (χ4n) is 2.55. The number of hydrogen-bond acceptors (Lipinski definition) is 2. The minimum atomic E-state index is -0.468. The van der Waals surface area contributed by atoms with Crippen LogP contribution < -0.4 is 11.1 Å². The quantitative estimate of drug-likeness (QED) is 0.822. The molecule has 3 N–H and O–H groups in total. The van der Waals surface area contributed by atoms with E-state index in [1.54, 1.807) is 18.2 Å². The molecule has 2 aromatic rings. The Balaban J connectivity index is 1.87. The summed E-state index contributed by atoms with van der Waals surface area (Å²) in [5, 5.41) is 2.87. The van der Waals surface area contributed by atoms with Crippen LogP contribution in [0.1, 0.15) is 40.9 Å². The van der Waals surface area contributed by atoms with Gasteiger partial charge in [0.15, 0.2) is 0 Å². The van der Waals surface area contributed by atoms with Gasteiger partial charge in [-0.25, -0.2) is 0 Å². The molecular formula is C20H24N2O2. The maximum atomic E-state index is 12.1. The van der Waals surface area contributed by atoms with Crippen LogP contribution in [0.3, 0.4) is 0 Å². The van der Waals surface area contributed by atoms with Gasteiger partial charge in [-0.2, -0.15) is 0 Å². The number of carbonyl (C=O) groups is 2. The first-order valence-corrected chi connectivity index (χ1v) is 8.17. The van der Waals surface area contributed by atoms with Crippen molar-refractivity contribution >= 4 is 11.8 Å². The summed E-state index contributed by atoms with van der Waals surface area (Å²) in [7, 11) is 0. The molecule has 2 aromatic carbocycles. The number of primary amides is 1. The van der Waals surface area contributed by atoms with E-state index < -0.39 is 5.91 Å². The minimum absolute atomic E-state index is 0.0453. The van der Waals surface area contributed by atoms with Crippen LogP contribution in [0.4, 0.5) is 0 Å². The van der Waals surface area contributed by atoms with Crippen molar-refractivity contribution in [2.45, 2.75) is 33.2 Å². The smallest absolute Gasteiger partial charge is 0.248 e. The molecule has 0 aromatic heterocycles. The molecule has 0 aliphatic heterocycles. The number of benzene rings is 2. The van der Waals surface area contributed by atoms with E-state index in [2.05, 4.69) is 31.3 Å². The summed E-state index contributed by atoms with van der Waals surface area (Å²) in [6.07, 6.45) is 1.39. The fourth-order valence-corrected chi connectivity index (χ4v) is 2.55. The molecule has 4 heteroatoms. The second-order valence-corrected chi connectivity index (χ2v) is 6.43. The molecule has 2 rings (SSSR count). The van der Waals surface area contributed by atoms with Crippen molar-refractivity contribution in [1.82, 2.24) is 5.32 Å². The highest BCUT2D eigenvalue weighted by molar-refractivity contribution is 5.92. The molecule has 0 saturated carbocycles. The summed E-state index contributed by atoms with van der Waals surface area (Å²) in [4.78, 5) is 23.2. The predicted octanol–water partition coefficient (Wildman–Crippen LogP) is 2.84. The van der Waals surface area contributed by atoms with E-state index in [1.165, 1.54) is 5.56 Å². The Morgan fingerprint density at radius 1 is 1.00 bits per heavy atom. The molecule has 0 radical (unpaired) electrons. The molecule has 0 aliphatic rings. The van der Waals surface area contributed by atoms with Crippen molar-refractivity contribution in [2.75, 3.05) is 0 Å². The van der Waals surface area contributed by atoms with E-state index in [0.29, 0.717) is 24.4 Å². The molecule has 0 aliphatic carbocycles. The normalized spacial score (nSPS) is 10.6. The van der Waals surface area contributed by atoms with E-state index in [-0.39, 0.29) is 5.91 Å². The zero-order valence-corrected chi connectivity index (χ0v) is 14.2. The molecular weight excluding hydrogens is 300 g/mol. The molecule has 2 amide bonds. The first-order chi connectivity index (χ1) is 11.4. The first-order valence-electron chi connectivity index (χ1n) is 8.17. The van der Waals surface area contributed by atoms with Crippen molar-refractivity contribution in [3.8, 4) is 0 Å². The topological polar surface area (TPSA) is 72.2 Å². The average Bonchev–Trinajstić information content (AvgIpc) is 2.54. The zero-order valence-electron chi connectivity index (χ0n) is 14.2. The summed E-state index contributed by atoms with van der Waals surface area (Å²) in [5.74, 6) is 0.107. The van der Waals surface area contributed by atoms with E-state index >= 15 is 0 Å². The van der Waals surface area contributed by atoms with Gasteiger partial charge in [0.05, 0.1) is 6.42 Å². The SMILES string of the molecule is CC(C)Cc1ccc(CC(=O)NCc2cccc(C(N)=O)c2)cc1. The molecule has 0 heterocycles. The number of rotatable bonds is 7. The van der Waals surface area contributed by atoms with Gasteiger partial charge >= 0.3 is 0 Å². The van der Waals surface area contributed by atoms with Gasteiger partial charge < -0.3 is 11.1 Å². The van der Waals surface area contributed by atoms with Crippen molar-refractivity contribution < 1.29 is 9.59 Å². The highest BCUT2D eigenvalue weighted by atomic mass is 16.1. The van der Waals surface area contributed by atoms with Gasteiger partial charge in [0, 0.05) is 12.1 Å². The molecule has 126 valence electrons. The van der Waals surface area contributed by atoms with Gasteiger partial charge in [-0.05, 0) is 41.2 Å². The van der Waals surface area contributed by atoms with Crippen molar-refractivity contribution in [1.29, 1.82) is 0 Å². The highest BCUT2D eigenvalue weighted by Crippen LogP contribution is 2.10. The van der Waals surface area contributed by atoms with Crippen LogP contribution in [0.2, 0.25) is 0 Å². The van der Waals surface area contributed by atoms with E-state index in [1.807, 2.05) is 18.2 Å². The van der Waals surface area contributed by atoms with Crippen LogP contribution >= 0.6 is 0 Å². The number of hydrogen-bond donors (Lipinski definition) is 2. The lowest BCUT2D eigenvalue weighted by atomic mass is 10.0. The van der Waals surface area contributed by atoms with Crippen LogP contribution in [-0.4, -0.2) is 11.8 Å². The fraction of sp³-hybridized carbons (Fsp3) is 0.300. The summed E-state index contributed by atoms with van der Waals surface area (Å²) >= 11 is 0. The van der Waals surface area contributed by atoms with Crippen molar-refractivity contribution in [3.05, 3.63) is 70.8 Å². The number of nitrogens with two attached hydrogens (primary N) is 1. The van der Waals surface area contributed by atoms with E-state index in [9.17, 15) is 9.59 Å². The van der Waals surface area contributed by atoms with Crippen LogP contribution in [0.25, 0.3) is 0 Å². The van der Waals surface area contributed by atoms with E-state index in [4.69, 9.17) is 5.73 Å². The minimum Gasteiger partial charge on any atom is -0.366 e. The third kappa shape index (κ3) is 5.54. The summed E-state index contributed by atoms with van der Waals surface area (Å²) < 4.78 is 0. The summed E-state index contributed by atoms with van der Waals surface area (Å²) in [5.41, 5.74) is 8.84. The van der Waals surface area contributed by atoms with Crippen molar-refractivity contribution in [2.24, 2.45) is 11.7 Å². The number of carbonyl (C=O) groups excluding carboxylic acids is 2. The lowest BCUT2D eigenvalue weighted by Crippen LogP contribution is -2.24. The Kier molecular flexibility index (Phi) is 6.13. The molecule has 0 saturated heterocycles. The standard InChI is InChI=1S/C20H24N2O2/c1-14(2)10-15-6-8-16(9-7-15)12-19(23)22-13-17-4-3-5-18(11-17)20(21)24/h3-9,11,14H,10,12-13H2,1-2H3,(H2,21,24)(H,22,23). The Morgan fingerprint density at radius 2 is 1.67 bits per heavy atom. The number of nitrogens with one attached hydrogen (secondary N) is 1. The van der Waals surface area contributed by atoms with Gasteiger partial charge in [-0.15, -0.1) is 0 Å². The average molecular weight is 324 g/mol. The largest absolute Gasteiger partial charge is 0.366 e. The van der Waals surface area contributed by atoms with Gasteiger partial charge in [0.1, 0.15) is 0 Å². The van der Waals surface area contributed by atoms with Gasteiger partial charge in [-0.3, -0.25) is 9.59 Å². The third-order valence-corrected chi connectivity index (χ3v) is 3.73. The van der Waals surface area contributed by atoms with Gasteiger partial charge in [0.2, 0.25) is 11.8 Å². The molecule has 0 unspecified atom stereocenters. The van der Waals surface area contributed by atoms with Crippen molar-refractivity contribution in [3.63, 3.8) is 0 Å². The molecule has 4 nitrogen and oxygen atoms in total. The second-order valence-electron chi connectivity index (χ2n) is 6.43. The third-order valence-electron chi connectivity index (χ3n) is 3.73. The molecule has 0 spiro atoms. The lowest BCUT2D eigenvalue weighted by Gasteiger charge is -2.08. The maximum Gasteiger partial charge on any atom is 0.248 e. The lowest BCUT2D eigenvalue weighted by molar-refractivity contribution is -0.120. The Labute approximate surface area is 143 Å².